The molecule has 0 rings (SSSR count). The third kappa shape index (κ3) is 161. The van der Waals surface area contributed by atoms with E-state index in [1.54, 1.807) is 0 Å². The molecule has 8 heteroatoms. The van der Waals surface area contributed by atoms with Crippen molar-refractivity contribution >= 4 is 19.7 Å². The van der Waals surface area contributed by atoms with Crippen LogP contribution >= 0.6 is 19.7 Å². The summed E-state index contributed by atoms with van der Waals surface area (Å²) in [5, 5.41) is 0. The predicted octanol–water partition coefficient (Wildman–Crippen LogP) is -4.42. The van der Waals surface area contributed by atoms with E-state index in [2.05, 4.69) is 11.9 Å². The van der Waals surface area contributed by atoms with Crippen molar-refractivity contribution in [3.63, 3.8) is 0 Å². The topological polar surface area (TPSA) is 101 Å². The largest absolute Gasteiger partial charge is 1.00 e. The fourth-order valence-corrected chi connectivity index (χ4v) is 0. The summed E-state index contributed by atoms with van der Waals surface area (Å²) in [5.74, 6) is 0. The molecule has 0 aliphatic rings. The quantitative estimate of drug-likeness (QED) is 0.253. The van der Waals surface area contributed by atoms with Crippen molar-refractivity contribution in [1.29, 1.82) is 0 Å². The van der Waals surface area contributed by atoms with Gasteiger partial charge in [0.1, 0.15) is 0 Å². The molecular formula is H3ClNaO5P. The van der Waals surface area contributed by atoms with Gasteiger partial charge < -0.3 is 14.7 Å². The van der Waals surface area contributed by atoms with Crippen LogP contribution in [0.2, 0.25) is 0 Å². The van der Waals surface area contributed by atoms with Crippen LogP contribution in [0.5, 0.6) is 0 Å². The fraction of sp³-hybridized carbons (Fsp3) is 0. The number of phosphoric acid groups is 1. The number of halogens is 1. The van der Waals surface area contributed by atoms with Crippen LogP contribution in [0.1, 0.15) is 0 Å². The first-order valence-corrected chi connectivity index (χ1v) is 2.80. The van der Waals surface area contributed by atoms with Gasteiger partial charge in [-0.15, -0.1) is 0 Å². The Kier molecular flexibility index (Phi) is 16.9. The van der Waals surface area contributed by atoms with Crippen LogP contribution in [-0.2, 0) is 4.57 Å². The van der Waals surface area contributed by atoms with E-state index in [9.17, 15) is 0 Å². The zero-order valence-corrected chi connectivity index (χ0v) is 7.63. The van der Waals surface area contributed by atoms with Crippen molar-refractivity contribution in [1.82, 2.24) is 0 Å². The zero-order chi connectivity index (χ0) is 6.50. The minimum Gasteiger partial charge on any atom is -0.756 e. The molecule has 3 N–H and O–H groups in total. The van der Waals surface area contributed by atoms with Gasteiger partial charge in [-0.3, -0.25) is 9.22 Å². The Hall–Kier alpha value is 1.36. The molecule has 5 nitrogen and oxygen atoms in total. The second-order valence-corrected chi connectivity index (χ2v) is 1.47. The van der Waals surface area contributed by atoms with Crippen LogP contribution in [0.15, 0.2) is 0 Å². The summed E-state index contributed by atoms with van der Waals surface area (Å²) in [6.07, 6.45) is 0. The molecule has 0 amide bonds. The summed E-state index contributed by atoms with van der Waals surface area (Å²) >= 11 is 3.64. The third-order valence-corrected chi connectivity index (χ3v) is 0. The number of rotatable bonds is 0. The summed E-state index contributed by atoms with van der Waals surface area (Å²) in [6.45, 7) is 0. The van der Waals surface area contributed by atoms with Gasteiger partial charge in [0.2, 0.25) is 0 Å². The number of hydrogen-bond acceptors (Lipinski definition) is 3. The van der Waals surface area contributed by atoms with E-state index in [0.717, 1.165) is 0 Å². The smallest absolute Gasteiger partial charge is 0.756 e. The van der Waals surface area contributed by atoms with Gasteiger partial charge in [0, 0.05) is 0 Å². The molecule has 0 spiro atoms. The average Bonchev–Trinajstić information content (AvgIpc) is 1.36. The standard InChI is InChI=1S/ClHO.Na.H3O4P/c1-2;;1-5(2,3)4/h2H;;(H3,1,2,3,4)/q;+1;/p-1. The Morgan fingerprint density at radius 2 is 1.38 bits per heavy atom. The summed E-state index contributed by atoms with van der Waals surface area (Å²) < 4.78 is 15.2. The molecule has 0 saturated heterocycles. The average molecular weight is 172 g/mol. The minimum absolute atomic E-state index is 0. The van der Waals surface area contributed by atoms with E-state index in [-0.39, 0.29) is 29.6 Å². The maximum Gasteiger partial charge on any atom is 1.00 e. The molecule has 0 aromatic rings. The first-order chi connectivity index (χ1) is 3.00. The molecule has 0 aliphatic heterocycles. The van der Waals surface area contributed by atoms with Gasteiger partial charge in [-0.2, -0.15) is 0 Å². The fourth-order valence-electron chi connectivity index (χ4n) is 0. The maximum atomic E-state index is 8.77. The van der Waals surface area contributed by atoms with Crippen LogP contribution < -0.4 is 34.5 Å². The Bertz CT molecular complexity index is 58.6. The van der Waals surface area contributed by atoms with Crippen molar-refractivity contribution < 1.29 is 53.5 Å². The monoisotopic (exact) mass is 172 g/mol. The molecule has 0 aromatic carbocycles. The molecule has 0 unspecified atom stereocenters. The second kappa shape index (κ2) is 8.36. The maximum absolute atomic E-state index is 8.77. The van der Waals surface area contributed by atoms with Gasteiger partial charge in [0.25, 0.3) is 7.82 Å². The Balaban J connectivity index is -0.0000000750. The molecular weight excluding hydrogens is 169 g/mol. The zero-order valence-electron chi connectivity index (χ0n) is 3.98. The van der Waals surface area contributed by atoms with Gasteiger partial charge in [-0.25, -0.2) is 0 Å². The SMILES string of the molecule is O=P([O-])(O)O.OCl.[Na+]. The van der Waals surface area contributed by atoms with Crippen LogP contribution in [0.4, 0.5) is 0 Å². The van der Waals surface area contributed by atoms with Gasteiger partial charge in [0.15, 0.2) is 0 Å². The third-order valence-electron chi connectivity index (χ3n) is 0. The Morgan fingerprint density at radius 1 is 1.38 bits per heavy atom. The van der Waals surface area contributed by atoms with Gasteiger partial charge in [0.05, 0.1) is 11.9 Å². The summed E-state index contributed by atoms with van der Waals surface area (Å²) in [6, 6.07) is 0. The minimum atomic E-state index is -4.89. The first-order valence-electron chi connectivity index (χ1n) is 0.934. The molecule has 0 aromatic heterocycles. The van der Waals surface area contributed by atoms with E-state index < -0.39 is 7.82 Å². The molecule has 46 valence electrons. The molecule has 0 saturated carbocycles. The van der Waals surface area contributed by atoms with Crippen LogP contribution in [0.25, 0.3) is 0 Å². The van der Waals surface area contributed by atoms with E-state index in [1.165, 1.54) is 0 Å². The van der Waals surface area contributed by atoms with Crippen LogP contribution in [0, 0.1) is 0 Å². The normalized spacial score (nSPS) is 8.12. The van der Waals surface area contributed by atoms with E-state index in [1.807, 2.05) is 0 Å². The van der Waals surface area contributed by atoms with Crippen LogP contribution in [0.3, 0.4) is 0 Å². The van der Waals surface area contributed by atoms with Gasteiger partial charge in [-0.05, 0) is 0 Å². The molecule has 0 heterocycles. The Morgan fingerprint density at radius 3 is 1.38 bits per heavy atom. The summed E-state index contributed by atoms with van der Waals surface area (Å²) in [7, 11) is -4.89. The van der Waals surface area contributed by atoms with Crippen molar-refractivity contribution in [3.05, 3.63) is 0 Å². The van der Waals surface area contributed by atoms with Gasteiger partial charge >= 0.3 is 29.6 Å². The second-order valence-electron chi connectivity index (χ2n) is 0.491. The summed E-state index contributed by atoms with van der Waals surface area (Å²) in [5.41, 5.74) is 0. The molecule has 0 atom stereocenters. The predicted molar refractivity (Wildman–Crippen MR) is 20.1 cm³/mol. The molecule has 8 heavy (non-hydrogen) atoms. The van der Waals surface area contributed by atoms with Crippen molar-refractivity contribution in [2.24, 2.45) is 0 Å². The summed E-state index contributed by atoms with van der Waals surface area (Å²) in [4.78, 5) is 22.9. The van der Waals surface area contributed by atoms with E-state index in [4.69, 9.17) is 23.9 Å². The number of hydrogen-bond donors (Lipinski definition) is 3. The van der Waals surface area contributed by atoms with Crippen LogP contribution in [-0.4, -0.2) is 14.4 Å². The van der Waals surface area contributed by atoms with Gasteiger partial charge in [-0.1, -0.05) is 0 Å². The molecule has 0 bridgehead atoms. The molecule has 0 fully saturated rings. The first kappa shape index (κ1) is 16.2. The molecule has 0 radical (unpaired) electrons. The van der Waals surface area contributed by atoms with E-state index in [0.29, 0.717) is 0 Å². The van der Waals surface area contributed by atoms with Crippen molar-refractivity contribution in [2.75, 3.05) is 0 Å². The van der Waals surface area contributed by atoms with E-state index >= 15 is 0 Å². The van der Waals surface area contributed by atoms with Crippen molar-refractivity contribution in [2.45, 2.75) is 0 Å². The molecule has 0 aliphatic carbocycles. The Labute approximate surface area is 73.0 Å². The van der Waals surface area contributed by atoms with Crippen molar-refractivity contribution in [3.8, 4) is 0 Å².